The van der Waals surface area contributed by atoms with Crippen molar-refractivity contribution in [1.29, 1.82) is 0 Å². The molecule has 1 fully saturated rings. The van der Waals surface area contributed by atoms with Gasteiger partial charge in [-0.25, -0.2) is 0 Å². The molecular formula is C28H28O6. The van der Waals surface area contributed by atoms with Crippen molar-refractivity contribution in [2.24, 2.45) is 17.3 Å². The molecule has 0 amide bonds. The first-order valence-electron chi connectivity index (χ1n) is 11.3. The summed E-state index contributed by atoms with van der Waals surface area (Å²) >= 11 is 0. The van der Waals surface area contributed by atoms with E-state index in [9.17, 15) is 14.4 Å². The van der Waals surface area contributed by atoms with Gasteiger partial charge in [0.2, 0.25) is 0 Å². The van der Waals surface area contributed by atoms with E-state index in [0.717, 1.165) is 21.9 Å². The Kier molecular flexibility index (Phi) is 6.96. The molecule has 1 unspecified atom stereocenters. The summed E-state index contributed by atoms with van der Waals surface area (Å²) in [5.41, 5.74) is 0.0977. The van der Waals surface area contributed by atoms with E-state index in [0.29, 0.717) is 12.8 Å². The van der Waals surface area contributed by atoms with Gasteiger partial charge in [-0.2, -0.15) is 0 Å². The van der Waals surface area contributed by atoms with Gasteiger partial charge < -0.3 is 14.2 Å². The number of hydrogen-bond acceptors (Lipinski definition) is 6. The fourth-order valence-corrected chi connectivity index (χ4v) is 4.87. The Morgan fingerprint density at radius 1 is 0.824 bits per heavy atom. The van der Waals surface area contributed by atoms with Crippen molar-refractivity contribution in [3.8, 4) is 0 Å². The molecule has 3 aromatic carbocycles. The van der Waals surface area contributed by atoms with Gasteiger partial charge in [0.1, 0.15) is 6.61 Å². The maximum absolute atomic E-state index is 13.7. The minimum Gasteiger partial charge on any atom is -0.469 e. The van der Waals surface area contributed by atoms with Crippen LogP contribution in [0.15, 0.2) is 72.8 Å². The van der Waals surface area contributed by atoms with Crippen LogP contribution in [0.25, 0.3) is 10.8 Å². The number of ether oxygens (including phenoxy) is 3. The molecule has 3 aromatic rings. The Balaban J connectivity index is 1.72. The average Bonchev–Trinajstić information content (AvgIpc) is 2.85. The van der Waals surface area contributed by atoms with Crippen LogP contribution < -0.4 is 0 Å². The van der Waals surface area contributed by atoms with Crippen molar-refractivity contribution in [2.45, 2.75) is 25.9 Å². The van der Waals surface area contributed by atoms with E-state index >= 15 is 0 Å². The molecule has 0 aromatic heterocycles. The topological polar surface area (TPSA) is 78.9 Å². The van der Waals surface area contributed by atoms with E-state index in [1.165, 1.54) is 14.2 Å². The zero-order valence-corrected chi connectivity index (χ0v) is 19.4. The minimum absolute atomic E-state index is 0.0428. The number of rotatable bonds is 8. The van der Waals surface area contributed by atoms with Gasteiger partial charge in [-0.1, -0.05) is 72.8 Å². The van der Waals surface area contributed by atoms with E-state index in [1.807, 2.05) is 72.8 Å². The number of hydrogen-bond donors (Lipinski definition) is 0. The number of methoxy groups -OCH3 is 2. The van der Waals surface area contributed by atoms with Crippen LogP contribution in [0.3, 0.4) is 0 Å². The lowest BCUT2D eigenvalue weighted by molar-refractivity contribution is -0.184. The predicted octanol–water partition coefficient (Wildman–Crippen LogP) is 4.48. The minimum atomic E-state index is -1.57. The number of fused-ring (bicyclic) bond motifs is 1. The van der Waals surface area contributed by atoms with Crippen LogP contribution in [0.5, 0.6) is 0 Å². The molecule has 0 N–H and O–H groups in total. The number of esters is 3. The van der Waals surface area contributed by atoms with Crippen LogP contribution in [0.1, 0.15) is 24.0 Å². The van der Waals surface area contributed by atoms with Crippen molar-refractivity contribution in [2.75, 3.05) is 14.2 Å². The van der Waals surface area contributed by atoms with Crippen LogP contribution in [0, 0.1) is 17.3 Å². The highest BCUT2D eigenvalue weighted by Crippen LogP contribution is 2.50. The standard InChI is InChI=1S/C28H28O6/c1-32-25(29)22-15-23(16-22)28(26(30)33-2,27(31)34-18-19-9-4-3-5-10-19)17-21-13-8-12-20-11-6-7-14-24(20)21/h3-14,22-23H,15-18H2,1-2H3. The lowest BCUT2D eigenvalue weighted by Crippen LogP contribution is -2.54. The molecular weight excluding hydrogens is 432 g/mol. The molecule has 176 valence electrons. The number of carbonyl (C=O) groups excluding carboxylic acids is 3. The molecule has 0 heterocycles. The quantitative estimate of drug-likeness (QED) is 0.280. The molecule has 6 nitrogen and oxygen atoms in total. The van der Waals surface area contributed by atoms with Crippen LogP contribution in [0.2, 0.25) is 0 Å². The highest BCUT2D eigenvalue weighted by Gasteiger charge is 2.59. The van der Waals surface area contributed by atoms with E-state index in [2.05, 4.69) is 0 Å². The molecule has 0 radical (unpaired) electrons. The van der Waals surface area contributed by atoms with Crippen LogP contribution in [0.4, 0.5) is 0 Å². The Morgan fingerprint density at radius 2 is 1.50 bits per heavy atom. The Hall–Kier alpha value is -3.67. The van der Waals surface area contributed by atoms with Gasteiger partial charge in [-0.05, 0) is 40.7 Å². The second-order valence-electron chi connectivity index (χ2n) is 8.73. The summed E-state index contributed by atoms with van der Waals surface area (Å²) in [5, 5.41) is 1.97. The van der Waals surface area contributed by atoms with Crippen molar-refractivity contribution < 1.29 is 28.6 Å². The summed E-state index contributed by atoms with van der Waals surface area (Å²) < 4.78 is 15.8. The van der Waals surface area contributed by atoms with Gasteiger partial charge in [0, 0.05) is 6.42 Å². The normalized spacial score (nSPS) is 18.9. The Bertz CT molecular complexity index is 1180. The summed E-state index contributed by atoms with van der Waals surface area (Å²) in [6.45, 7) is 0.0428. The SMILES string of the molecule is COC(=O)C1CC(C(Cc2cccc3ccccc23)(C(=O)OC)C(=O)OCc2ccccc2)C1. The van der Waals surface area contributed by atoms with E-state index < -0.39 is 23.3 Å². The fourth-order valence-electron chi connectivity index (χ4n) is 4.87. The first kappa shape index (κ1) is 23.5. The largest absolute Gasteiger partial charge is 0.469 e. The maximum Gasteiger partial charge on any atom is 0.324 e. The van der Waals surface area contributed by atoms with Crippen LogP contribution >= 0.6 is 0 Å². The number of benzene rings is 3. The molecule has 1 aliphatic rings. The smallest absolute Gasteiger partial charge is 0.324 e. The zero-order valence-electron chi connectivity index (χ0n) is 19.4. The lowest BCUT2D eigenvalue weighted by Gasteiger charge is -2.44. The summed E-state index contributed by atoms with van der Waals surface area (Å²) in [7, 11) is 2.62. The average molecular weight is 461 g/mol. The predicted molar refractivity (Wildman–Crippen MR) is 127 cm³/mol. The summed E-state index contributed by atoms with van der Waals surface area (Å²) in [6, 6.07) is 23.0. The molecule has 1 atom stereocenters. The molecule has 0 aliphatic heterocycles. The lowest BCUT2D eigenvalue weighted by atomic mass is 9.58. The number of carbonyl (C=O) groups is 3. The Labute approximate surface area is 198 Å². The van der Waals surface area contributed by atoms with Crippen molar-refractivity contribution >= 4 is 28.7 Å². The van der Waals surface area contributed by atoms with E-state index in [1.54, 1.807) is 0 Å². The third kappa shape index (κ3) is 4.40. The zero-order chi connectivity index (χ0) is 24.1. The van der Waals surface area contributed by atoms with E-state index in [4.69, 9.17) is 14.2 Å². The van der Waals surface area contributed by atoms with Gasteiger partial charge in [-0.3, -0.25) is 14.4 Å². The summed E-state index contributed by atoms with van der Waals surface area (Å²) in [6.07, 6.45) is 0.827. The first-order chi connectivity index (χ1) is 16.5. The van der Waals surface area contributed by atoms with Crippen LogP contribution in [-0.4, -0.2) is 32.1 Å². The van der Waals surface area contributed by atoms with Gasteiger partial charge >= 0.3 is 17.9 Å². The van der Waals surface area contributed by atoms with E-state index in [-0.39, 0.29) is 24.9 Å². The van der Waals surface area contributed by atoms with Gasteiger partial charge in [0.25, 0.3) is 0 Å². The molecule has 1 saturated carbocycles. The Morgan fingerprint density at radius 3 is 2.21 bits per heavy atom. The summed E-state index contributed by atoms with van der Waals surface area (Å²) in [5.74, 6) is -2.38. The highest BCUT2D eigenvalue weighted by atomic mass is 16.6. The first-order valence-corrected chi connectivity index (χ1v) is 11.3. The van der Waals surface area contributed by atoms with Gasteiger partial charge in [-0.15, -0.1) is 0 Å². The van der Waals surface area contributed by atoms with Gasteiger partial charge in [0.15, 0.2) is 5.41 Å². The third-order valence-electron chi connectivity index (χ3n) is 6.85. The molecule has 1 aliphatic carbocycles. The molecule has 0 saturated heterocycles. The van der Waals surface area contributed by atoms with Gasteiger partial charge in [0.05, 0.1) is 20.1 Å². The fraction of sp³-hybridized carbons (Fsp3) is 0.321. The monoisotopic (exact) mass is 460 g/mol. The molecule has 6 heteroatoms. The highest BCUT2D eigenvalue weighted by molar-refractivity contribution is 6.02. The third-order valence-corrected chi connectivity index (χ3v) is 6.85. The summed E-state index contributed by atoms with van der Waals surface area (Å²) in [4.78, 5) is 39.2. The molecule has 0 spiro atoms. The second kappa shape index (κ2) is 10.1. The van der Waals surface area contributed by atoms with Crippen molar-refractivity contribution in [3.05, 3.63) is 83.9 Å². The van der Waals surface area contributed by atoms with Crippen molar-refractivity contribution in [1.82, 2.24) is 0 Å². The van der Waals surface area contributed by atoms with Crippen molar-refractivity contribution in [3.63, 3.8) is 0 Å². The molecule has 0 bridgehead atoms. The second-order valence-corrected chi connectivity index (χ2v) is 8.73. The molecule has 4 rings (SSSR count). The maximum atomic E-state index is 13.7. The van der Waals surface area contributed by atoms with Crippen LogP contribution in [-0.2, 0) is 41.6 Å². The molecule has 34 heavy (non-hydrogen) atoms.